The Labute approximate surface area is 156 Å². The molecule has 3 rings (SSSR count). The summed E-state index contributed by atoms with van der Waals surface area (Å²) in [7, 11) is -3.80. The first-order valence-electron chi connectivity index (χ1n) is 8.21. The fraction of sp³-hybridized carbons (Fsp3) is 0.600. The summed E-state index contributed by atoms with van der Waals surface area (Å²) in [5.74, 6) is -0.413. The number of hydrogen-bond acceptors (Lipinski definition) is 5. The quantitative estimate of drug-likeness (QED) is 0.799. The molecule has 1 aromatic heterocycles. The summed E-state index contributed by atoms with van der Waals surface area (Å²) in [5, 5.41) is 0. The van der Waals surface area contributed by atoms with Crippen LogP contribution in [-0.2, 0) is 19.6 Å². The zero-order valence-corrected chi connectivity index (χ0v) is 16.0. The van der Waals surface area contributed by atoms with Crippen LogP contribution in [-0.4, -0.2) is 62.3 Å². The van der Waals surface area contributed by atoms with E-state index < -0.39 is 16.1 Å². The predicted octanol–water partition coefficient (Wildman–Crippen LogP) is 1.29. The Hall–Kier alpha value is -1.16. The molecule has 1 unspecified atom stereocenters. The van der Waals surface area contributed by atoms with Crippen LogP contribution in [0.4, 0.5) is 0 Å². The van der Waals surface area contributed by atoms with Gasteiger partial charge in [0, 0.05) is 19.6 Å². The fourth-order valence-electron chi connectivity index (χ4n) is 3.12. The van der Waals surface area contributed by atoms with Crippen LogP contribution in [0.25, 0.3) is 0 Å². The average molecular weight is 406 g/mol. The molecule has 7 nitrogen and oxygen atoms in total. The Kier molecular flexibility index (Phi) is 5.67. The van der Waals surface area contributed by atoms with Crippen molar-refractivity contribution in [3.05, 3.63) is 16.5 Å². The summed E-state index contributed by atoms with van der Waals surface area (Å²) in [5.41, 5.74) is 0. The highest BCUT2D eigenvalue weighted by molar-refractivity contribution is 7.91. The van der Waals surface area contributed by atoms with Gasteiger partial charge >= 0.3 is 0 Å². The van der Waals surface area contributed by atoms with Gasteiger partial charge in [-0.3, -0.25) is 9.59 Å². The van der Waals surface area contributed by atoms with Crippen LogP contribution in [0.3, 0.4) is 0 Å². The zero-order valence-electron chi connectivity index (χ0n) is 13.6. The van der Waals surface area contributed by atoms with E-state index >= 15 is 0 Å². The molecule has 10 heteroatoms. The lowest BCUT2D eigenvalue weighted by Crippen LogP contribution is -2.54. The second-order valence-corrected chi connectivity index (χ2v) is 9.88. The lowest BCUT2D eigenvalue weighted by Gasteiger charge is -2.32. The van der Waals surface area contributed by atoms with Crippen LogP contribution in [0.2, 0.25) is 4.34 Å². The third kappa shape index (κ3) is 4.33. The van der Waals surface area contributed by atoms with Gasteiger partial charge in [-0.05, 0) is 37.8 Å². The van der Waals surface area contributed by atoms with Crippen LogP contribution in [0, 0.1) is 0 Å². The molecule has 3 heterocycles. The van der Waals surface area contributed by atoms with Gasteiger partial charge in [0.15, 0.2) is 0 Å². The summed E-state index contributed by atoms with van der Waals surface area (Å²) in [4.78, 5) is 28.1. The predicted molar refractivity (Wildman–Crippen MR) is 95.1 cm³/mol. The number of sulfonamides is 1. The number of nitrogens with one attached hydrogen (secondary N) is 1. The van der Waals surface area contributed by atoms with E-state index in [4.69, 9.17) is 11.6 Å². The van der Waals surface area contributed by atoms with Crippen LogP contribution < -0.4 is 4.72 Å². The molecule has 2 aliphatic heterocycles. The lowest BCUT2D eigenvalue weighted by atomic mass is 10.1. The van der Waals surface area contributed by atoms with Gasteiger partial charge in [-0.1, -0.05) is 11.6 Å². The fourth-order valence-corrected chi connectivity index (χ4v) is 5.85. The van der Waals surface area contributed by atoms with E-state index in [1.807, 2.05) is 0 Å². The minimum Gasteiger partial charge on any atom is -0.341 e. The van der Waals surface area contributed by atoms with Crippen molar-refractivity contribution in [2.24, 2.45) is 0 Å². The van der Waals surface area contributed by atoms with Crippen LogP contribution in [0.15, 0.2) is 16.3 Å². The highest BCUT2D eigenvalue weighted by Gasteiger charge is 2.34. The number of piperidine rings is 1. The number of carbonyl (C=O) groups excluding carboxylic acids is 2. The Balaban J connectivity index is 1.64. The molecule has 0 spiro atoms. The van der Waals surface area contributed by atoms with Gasteiger partial charge in [0.2, 0.25) is 11.8 Å². The summed E-state index contributed by atoms with van der Waals surface area (Å²) in [6.07, 6.45) is 3.06. The van der Waals surface area contributed by atoms with Crippen molar-refractivity contribution in [3.63, 3.8) is 0 Å². The van der Waals surface area contributed by atoms with Gasteiger partial charge in [-0.25, -0.2) is 8.42 Å². The second-order valence-electron chi connectivity index (χ2n) is 6.22. The van der Waals surface area contributed by atoms with Gasteiger partial charge in [0.25, 0.3) is 10.0 Å². The Morgan fingerprint density at radius 2 is 1.96 bits per heavy atom. The Morgan fingerprint density at radius 1 is 1.24 bits per heavy atom. The van der Waals surface area contributed by atoms with E-state index in [1.54, 1.807) is 4.90 Å². The molecule has 0 aliphatic carbocycles. The number of nitrogens with zero attached hydrogens (tertiary/aromatic N) is 2. The molecule has 1 atom stereocenters. The summed E-state index contributed by atoms with van der Waals surface area (Å²) >= 11 is 6.73. The highest BCUT2D eigenvalue weighted by atomic mass is 35.5. The molecular weight excluding hydrogens is 386 g/mol. The van der Waals surface area contributed by atoms with Crippen molar-refractivity contribution in [3.8, 4) is 0 Å². The number of carbonyl (C=O) groups is 2. The smallest absolute Gasteiger partial charge is 0.250 e. The van der Waals surface area contributed by atoms with Crippen molar-refractivity contribution in [1.29, 1.82) is 0 Å². The van der Waals surface area contributed by atoms with E-state index in [1.165, 1.54) is 17.0 Å². The number of halogens is 1. The van der Waals surface area contributed by atoms with Crippen molar-refractivity contribution in [2.45, 2.75) is 35.9 Å². The van der Waals surface area contributed by atoms with Gasteiger partial charge in [-0.2, -0.15) is 4.72 Å². The van der Waals surface area contributed by atoms with Gasteiger partial charge < -0.3 is 9.80 Å². The number of thiophene rings is 1. The number of rotatable bonds is 5. The monoisotopic (exact) mass is 405 g/mol. The minimum absolute atomic E-state index is 0.0158. The van der Waals surface area contributed by atoms with Crippen LogP contribution in [0.1, 0.15) is 25.7 Å². The SMILES string of the molecule is O=C(CN1CCCC(NS(=O)(=O)c2ccc(Cl)s2)C1=O)N1CCCC1. The van der Waals surface area contributed by atoms with Gasteiger partial charge in [0.05, 0.1) is 10.9 Å². The van der Waals surface area contributed by atoms with E-state index in [0.29, 0.717) is 23.7 Å². The highest BCUT2D eigenvalue weighted by Crippen LogP contribution is 2.26. The molecule has 2 aliphatic rings. The molecule has 1 aromatic rings. The maximum Gasteiger partial charge on any atom is 0.250 e. The second kappa shape index (κ2) is 7.61. The van der Waals surface area contributed by atoms with Gasteiger partial charge in [-0.15, -0.1) is 11.3 Å². The first kappa shape index (κ1) is 18.6. The molecule has 2 amide bonds. The third-order valence-corrected chi connectivity index (χ3v) is 7.62. The molecule has 0 bridgehead atoms. The molecule has 1 N–H and O–H groups in total. The Bertz CT molecular complexity index is 759. The van der Waals surface area contributed by atoms with Crippen molar-refractivity contribution >= 4 is 44.8 Å². The Morgan fingerprint density at radius 3 is 2.60 bits per heavy atom. The lowest BCUT2D eigenvalue weighted by molar-refractivity contribution is -0.142. The molecule has 25 heavy (non-hydrogen) atoms. The molecule has 138 valence electrons. The van der Waals surface area contributed by atoms with E-state index in [9.17, 15) is 18.0 Å². The first-order valence-corrected chi connectivity index (χ1v) is 10.9. The van der Waals surface area contributed by atoms with E-state index in [2.05, 4.69) is 4.72 Å². The molecule has 2 saturated heterocycles. The number of amides is 2. The van der Waals surface area contributed by atoms with Crippen molar-refractivity contribution < 1.29 is 18.0 Å². The zero-order chi connectivity index (χ0) is 18.0. The summed E-state index contributed by atoms with van der Waals surface area (Å²) in [6.45, 7) is 1.95. The topological polar surface area (TPSA) is 86.8 Å². The van der Waals surface area contributed by atoms with E-state index in [0.717, 1.165) is 37.3 Å². The maximum absolute atomic E-state index is 12.6. The largest absolute Gasteiger partial charge is 0.341 e. The molecule has 0 saturated carbocycles. The van der Waals surface area contributed by atoms with Crippen molar-refractivity contribution in [2.75, 3.05) is 26.2 Å². The summed E-state index contributed by atoms with van der Waals surface area (Å²) < 4.78 is 27.7. The number of hydrogen-bond donors (Lipinski definition) is 1. The number of likely N-dealkylation sites (tertiary alicyclic amines) is 2. The van der Waals surface area contributed by atoms with E-state index in [-0.39, 0.29) is 22.6 Å². The van der Waals surface area contributed by atoms with Crippen LogP contribution >= 0.6 is 22.9 Å². The molecule has 2 fully saturated rings. The normalized spacial score (nSPS) is 21.8. The molecular formula is C15H20ClN3O4S2. The van der Waals surface area contributed by atoms with Crippen LogP contribution in [0.5, 0.6) is 0 Å². The molecule has 0 aromatic carbocycles. The third-order valence-electron chi connectivity index (χ3n) is 4.43. The summed E-state index contributed by atoms with van der Waals surface area (Å²) in [6, 6.07) is 2.08. The minimum atomic E-state index is -3.80. The molecule has 0 radical (unpaired) electrons. The average Bonchev–Trinajstić information content (AvgIpc) is 3.22. The van der Waals surface area contributed by atoms with Gasteiger partial charge in [0.1, 0.15) is 10.3 Å². The first-order chi connectivity index (χ1) is 11.9. The van der Waals surface area contributed by atoms with Crippen molar-refractivity contribution in [1.82, 2.24) is 14.5 Å². The maximum atomic E-state index is 12.6. The standard InChI is InChI=1S/C15H20ClN3O4S2/c16-12-5-6-14(24-12)25(22,23)17-11-4-3-9-19(15(11)21)10-13(20)18-7-1-2-8-18/h5-6,11,17H,1-4,7-10H2.